The Hall–Kier alpha value is -3.06. The number of hydrogen-bond donors (Lipinski definition) is 2. The predicted molar refractivity (Wildman–Crippen MR) is 142 cm³/mol. The second kappa shape index (κ2) is 10.9. The third kappa shape index (κ3) is 6.78. The molecule has 2 atom stereocenters. The molecule has 2 N–H and O–H groups in total. The van der Waals surface area contributed by atoms with E-state index < -0.39 is 23.8 Å². The summed E-state index contributed by atoms with van der Waals surface area (Å²) in [6.45, 7) is 12.6. The zero-order valence-corrected chi connectivity index (χ0v) is 22.8. The lowest BCUT2D eigenvalue weighted by atomic mass is 9.96. The minimum absolute atomic E-state index is 0.108. The van der Waals surface area contributed by atoms with Gasteiger partial charge in [0.15, 0.2) is 0 Å². The first-order valence-corrected chi connectivity index (χ1v) is 12.6. The van der Waals surface area contributed by atoms with Crippen LogP contribution in [0, 0.1) is 20.8 Å². The van der Waals surface area contributed by atoms with Crippen LogP contribution < -0.4 is 10.6 Å². The highest BCUT2D eigenvalue weighted by Crippen LogP contribution is 2.38. The zero-order valence-electron chi connectivity index (χ0n) is 22.1. The molecule has 0 heterocycles. The molecular weight excluding hydrogens is 478 g/mol. The SMILES string of the molecule is Cc1ccc(C)c(C(C(=O)Nc2c(C)cccc2Cl)N(C(=O)C(C)NC(=O)OC(C)(C)C)C2CC2)c1. The molecule has 2 unspecified atom stereocenters. The lowest BCUT2D eigenvalue weighted by Crippen LogP contribution is -2.52. The number of hydrogen-bond acceptors (Lipinski definition) is 4. The number of amides is 3. The number of nitrogens with zero attached hydrogens (tertiary/aromatic N) is 1. The number of aryl methyl sites for hydroxylation is 3. The molecule has 1 aliphatic carbocycles. The minimum atomic E-state index is -0.900. The zero-order chi connectivity index (χ0) is 26.8. The smallest absolute Gasteiger partial charge is 0.408 e. The normalized spacial score (nSPS) is 15.0. The third-order valence-electron chi connectivity index (χ3n) is 6.02. The summed E-state index contributed by atoms with van der Waals surface area (Å²) in [4.78, 5) is 41.7. The van der Waals surface area contributed by atoms with Crippen LogP contribution >= 0.6 is 11.6 Å². The molecule has 0 saturated heterocycles. The van der Waals surface area contributed by atoms with Crippen LogP contribution in [-0.4, -0.2) is 40.5 Å². The number of nitrogens with one attached hydrogen (secondary N) is 2. The molecule has 0 aromatic heterocycles. The van der Waals surface area contributed by atoms with Crippen LogP contribution in [0.2, 0.25) is 5.02 Å². The summed E-state index contributed by atoms with van der Waals surface area (Å²) in [5.41, 5.74) is 3.24. The molecular formula is C28H36ClN3O4. The average molecular weight is 514 g/mol. The van der Waals surface area contributed by atoms with Gasteiger partial charge in [-0.3, -0.25) is 9.59 Å². The molecule has 3 rings (SSSR count). The maximum Gasteiger partial charge on any atom is 0.408 e. The molecule has 194 valence electrons. The van der Waals surface area contributed by atoms with Crippen LogP contribution in [0.15, 0.2) is 36.4 Å². The standard InChI is InChI=1S/C28H36ClN3O4/c1-16-11-12-17(2)21(15-16)24(25(33)31-23-18(3)9-8-10-22(23)29)32(20-13-14-20)26(34)19(4)30-27(35)36-28(5,6)7/h8-12,15,19-20,24H,13-14H2,1-7H3,(H,30,35)(H,31,33). The summed E-state index contributed by atoms with van der Waals surface area (Å²) in [5.74, 6) is -0.704. The van der Waals surface area contributed by atoms with E-state index in [1.54, 1.807) is 38.7 Å². The molecule has 1 aliphatic rings. The molecule has 2 aromatic carbocycles. The number of halogens is 1. The largest absolute Gasteiger partial charge is 0.444 e. The number of para-hydroxylation sites is 1. The lowest BCUT2D eigenvalue weighted by Gasteiger charge is -2.34. The molecule has 2 aromatic rings. The van der Waals surface area contributed by atoms with Crippen molar-refractivity contribution >= 4 is 35.2 Å². The van der Waals surface area contributed by atoms with Gasteiger partial charge in [-0.15, -0.1) is 0 Å². The van der Waals surface area contributed by atoms with Gasteiger partial charge in [-0.05, 0) is 84.1 Å². The van der Waals surface area contributed by atoms with Gasteiger partial charge in [0.25, 0.3) is 5.91 Å². The van der Waals surface area contributed by atoms with Crippen molar-refractivity contribution in [1.29, 1.82) is 0 Å². The quantitative estimate of drug-likeness (QED) is 0.486. The van der Waals surface area contributed by atoms with Gasteiger partial charge in [-0.2, -0.15) is 0 Å². The number of alkyl carbamates (subject to hydrolysis) is 1. The highest BCUT2D eigenvalue weighted by atomic mass is 35.5. The van der Waals surface area contributed by atoms with E-state index in [9.17, 15) is 14.4 Å². The van der Waals surface area contributed by atoms with E-state index in [0.717, 1.165) is 35.1 Å². The Bertz CT molecular complexity index is 1130. The first-order valence-electron chi connectivity index (χ1n) is 12.2. The number of ether oxygens (including phenoxy) is 1. The van der Waals surface area contributed by atoms with Crippen molar-refractivity contribution in [2.75, 3.05) is 5.32 Å². The van der Waals surface area contributed by atoms with E-state index in [0.29, 0.717) is 10.7 Å². The van der Waals surface area contributed by atoms with Crippen molar-refractivity contribution in [1.82, 2.24) is 10.2 Å². The van der Waals surface area contributed by atoms with Crippen molar-refractivity contribution < 1.29 is 19.1 Å². The molecule has 3 amide bonds. The molecule has 1 fully saturated rings. The van der Waals surface area contributed by atoms with E-state index in [4.69, 9.17) is 16.3 Å². The van der Waals surface area contributed by atoms with Crippen LogP contribution in [0.4, 0.5) is 10.5 Å². The summed E-state index contributed by atoms with van der Waals surface area (Å²) in [6.07, 6.45) is 0.883. The number of carbonyl (C=O) groups is 3. The van der Waals surface area contributed by atoms with Gasteiger partial charge < -0.3 is 20.3 Å². The monoisotopic (exact) mass is 513 g/mol. The number of rotatable bonds is 7. The molecule has 1 saturated carbocycles. The fourth-order valence-electron chi connectivity index (χ4n) is 4.09. The molecule has 0 spiro atoms. The molecule has 8 heteroatoms. The first kappa shape index (κ1) is 27.5. The Morgan fingerprint density at radius 3 is 2.31 bits per heavy atom. The molecule has 0 bridgehead atoms. The van der Waals surface area contributed by atoms with Crippen molar-refractivity contribution in [3.63, 3.8) is 0 Å². The fraction of sp³-hybridized carbons (Fsp3) is 0.464. The van der Waals surface area contributed by atoms with Gasteiger partial charge >= 0.3 is 6.09 Å². The Balaban J connectivity index is 1.99. The van der Waals surface area contributed by atoms with Crippen LogP contribution in [0.3, 0.4) is 0 Å². The van der Waals surface area contributed by atoms with Gasteiger partial charge in [0, 0.05) is 6.04 Å². The summed E-state index contributed by atoms with van der Waals surface area (Å²) < 4.78 is 5.33. The number of carbonyl (C=O) groups excluding carboxylic acids is 3. The van der Waals surface area contributed by atoms with Crippen LogP contribution in [-0.2, 0) is 14.3 Å². The highest BCUT2D eigenvalue weighted by molar-refractivity contribution is 6.34. The van der Waals surface area contributed by atoms with Gasteiger partial charge in [-0.1, -0.05) is 47.5 Å². The Kier molecular flexibility index (Phi) is 8.34. The maximum absolute atomic E-state index is 13.9. The molecule has 36 heavy (non-hydrogen) atoms. The predicted octanol–water partition coefficient (Wildman–Crippen LogP) is 5.85. The fourth-order valence-corrected chi connectivity index (χ4v) is 4.36. The molecule has 0 aliphatic heterocycles. The van der Waals surface area contributed by atoms with E-state index in [-0.39, 0.29) is 17.9 Å². The first-order chi connectivity index (χ1) is 16.8. The topological polar surface area (TPSA) is 87.7 Å². The maximum atomic E-state index is 13.9. The van der Waals surface area contributed by atoms with E-state index >= 15 is 0 Å². The van der Waals surface area contributed by atoms with Crippen molar-refractivity contribution in [2.45, 2.75) is 85.0 Å². The summed E-state index contributed by atoms with van der Waals surface area (Å²) in [7, 11) is 0. The molecule has 0 radical (unpaired) electrons. The Labute approximate surface area is 218 Å². The second-order valence-corrected chi connectivity index (χ2v) is 10.9. The Morgan fingerprint density at radius 1 is 1.06 bits per heavy atom. The molecule has 7 nitrogen and oxygen atoms in total. The average Bonchev–Trinajstić information content (AvgIpc) is 3.59. The van der Waals surface area contributed by atoms with Crippen molar-refractivity contribution in [3.8, 4) is 0 Å². The Morgan fingerprint density at radius 2 is 1.72 bits per heavy atom. The van der Waals surface area contributed by atoms with E-state index in [1.165, 1.54) is 0 Å². The van der Waals surface area contributed by atoms with Gasteiger partial charge in [0.1, 0.15) is 17.7 Å². The van der Waals surface area contributed by atoms with Gasteiger partial charge in [-0.25, -0.2) is 4.79 Å². The minimum Gasteiger partial charge on any atom is -0.444 e. The van der Waals surface area contributed by atoms with Crippen molar-refractivity contribution in [3.05, 3.63) is 63.7 Å². The van der Waals surface area contributed by atoms with Crippen molar-refractivity contribution in [2.24, 2.45) is 0 Å². The number of benzene rings is 2. The number of anilines is 1. The second-order valence-electron chi connectivity index (χ2n) is 10.5. The third-order valence-corrected chi connectivity index (χ3v) is 6.34. The highest BCUT2D eigenvalue weighted by Gasteiger charge is 2.43. The lowest BCUT2D eigenvalue weighted by molar-refractivity contribution is -0.141. The van der Waals surface area contributed by atoms with Crippen LogP contribution in [0.25, 0.3) is 0 Å². The van der Waals surface area contributed by atoms with Gasteiger partial charge in [0.05, 0.1) is 10.7 Å². The van der Waals surface area contributed by atoms with Crippen LogP contribution in [0.1, 0.15) is 68.8 Å². The summed E-state index contributed by atoms with van der Waals surface area (Å²) in [5, 5.41) is 6.03. The van der Waals surface area contributed by atoms with E-state index in [1.807, 2.05) is 51.1 Å². The summed E-state index contributed by atoms with van der Waals surface area (Å²) >= 11 is 6.40. The van der Waals surface area contributed by atoms with Crippen LogP contribution in [0.5, 0.6) is 0 Å². The van der Waals surface area contributed by atoms with Gasteiger partial charge in [0.2, 0.25) is 5.91 Å². The summed E-state index contributed by atoms with van der Waals surface area (Å²) in [6, 6.07) is 9.37. The van der Waals surface area contributed by atoms with E-state index in [2.05, 4.69) is 10.6 Å².